The van der Waals surface area contributed by atoms with Crippen molar-refractivity contribution >= 4 is 11.8 Å². The van der Waals surface area contributed by atoms with Crippen molar-refractivity contribution in [1.82, 2.24) is 0 Å². The van der Waals surface area contributed by atoms with Gasteiger partial charge in [0.1, 0.15) is 12.2 Å². The SMILES string of the molecule is CCCC(=O)CC(=O)O.[Zr]. The zero-order chi connectivity index (χ0) is 7.28. The number of Topliss-reactive ketones (excluding diaryl/α,β-unsaturated/α-hetero) is 1. The molecule has 4 heteroatoms. The molecule has 56 valence electrons. The Morgan fingerprint density at radius 2 is 1.90 bits per heavy atom. The van der Waals surface area contributed by atoms with E-state index in [1.807, 2.05) is 6.92 Å². The Hall–Kier alpha value is 0.0231. The summed E-state index contributed by atoms with van der Waals surface area (Å²) < 4.78 is 0. The van der Waals surface area contributed by atoms with E-state index in [9.17, 15) is 9.59 Å². The quantitative estimate of drug-likeness (QED) is 0.715. The summed E-state index contributed by atoms with van der Waals surface area (Å²) in [7, 11) is 0. The maximum absolute atomic E-state index is 10.5. The second kappa shape index (κ2) is 7.13. The second-order valence-electron chi connectivity index (χ2n) is 1.86. The van der Waals surface area contributed by atoms with Gasteiger partial charge in [-0.25, -0.2) is 0 Å². The van der Waals surface area contributed by atoms with E-state index >= 15 is 0 Å². The molecule has 0 unspecified atom stereocenters. The molecule has 3 nitrogen and oxygen atoms in total. The Balaban J connectivity index is 0. The molecule has 1 N–H and O–H groups in total. The van der Waals surface area contributed by atoms with Crippen LogP contribution >= 0.6 is 0 Å². The fourth-order valence-electron chi connectivity index (χ4n) is 0.536. The number of rotatable bonds is 4. The summed E-state index contributed by atoms with van der Waals surface area (Å²) >= 11 is 0. The van der Waals surface area contributed by atoms with Gasteiger partial charge in [-0.05, 0) is 6.42 Å². The van der Waals surface area contributed by atoms with Crippen LogP contribution in [-0.2, 0) is 35.8 Å². The van der Waals surface area contributed by atoms with Crippen molar-refractivity contribution in [1.29, 1.82) is 0 Å². The van der Waals surface area contributed by atoms with Crippen LogP contribution in [0.5, 0.6) is 0 Å². The molecule has 10 heavy (non-hydrogen) atoms. The summed E-state index contributed by atoms with van der Waals surface area (Å²) in [6.45, 7) is 1.85. The molecule has 0 aromatic heterocycles. The smallest absolute Gasteiger partial charge is 0.310 e. The van der Waals surface area contributed by atoms with Crippen molar-refractivity contribution in [3.8, 4) is 0 Å². The molecule has 0 fully saturated rings. The average molecular weight is 221 g/mol. The third-order valence-electron chi connectivity index (χ3n) is 0.877. The van der Waals surface area contributed by atoms with Crippen LogP contribution in [0.1, 0.15) is 26.2 Å². The molecule has 0 aliphatic heterocycles. The Morgan fingerprint density at radius 3 is 2.20 bits per heavy atom. The van der Waals surface area contributed by atoms with Crippen LogP contribution < -0.4 is 0 Å². The van der Waals surface area contributed by atoms with Crippen molar-refractivity contribution in [3.05, 3.63) is 0 Å². The predicted molar refractivity (Wildman–Crippen MR) is 32.2 cm³/mol. The summed E-state index contributed by atoms with van der Waals surface area (Å²) in [6, 6.07) is 0. The maximum atomic E-state index is 10.5. The summed E-state index contributed by atoms with van der Waals surface area (Å²) in [5.74, 6) is -1.22. The molecule has 0 radical (unpaired) electrons. The fourth-order valence-corrected chi connectivity index (χ4v) is 0.536. The molecule has 0 aromatic carbocycles. The molecule has 0 aromatic rings. The number of hydrogen-bond donors (Lipinski definition) is 1. The Bertz CT molecular complexity index is 122. The first kappa shape index (κ1) is 12.7. The van der Waals surface area contributed by atoms with Gasteiger partial charge in [-0.2, -0.15) is 0 Å². The number of aliphatic carboxylic acids is 1. The van der Waals surface area contributed by atoms with Crippen LogP contribution in [0.2, 0.25) is 0 Å². The standard InChI is InChI=1S/C6H10O3.Zr/c1-2-3-5(7)4-6(8)9;/h2-4H2,1H3,(H,8,9);. The minimum absolute atomic E-state index is 0. The number of carboxylic acids is 1. The first-order valence-electron chi connectivity index (χ1n) is 2.90. The van der Waals surface area contributed by atoms with Crippen LogP contribution in [0.25, 0.3) is 0 Å². The summed E-state index contributed by atoms with van der Waals surface area (Å²) in [6.07, 6.45) is 0.784. The zero-order valence-electron chi connectivity index (χ0n) is 5.89. The van der Waals surface area contributed by atoms with Gasteiger partial charge in [-0.3, -0.25) is 9.59 Å². The molecule has 0 heterocycles. The largest absolute Gasteiger partial charge is 0.481 e. The van der Waals surface area contributed by atoms with Gasteiger partial charge in [0.15, 0.2) is 0 Å². The third kappa shape index (κ3) is 8.02. The van der Waals surface area contributed by atoms with Gasteiger partial charge in [0.05, 0.1) is 0 Å². The van der Waals surface area contributed by atoms with E-state index in [1.165, 1.54) is 0 Å². The van der Waals surface area contributed by atoms with Crippen molar-refractivity contribution in [2.24, 2.45) is 0 Å². The molecule has 0 saturated heterocycles. The maximum Gasteiger partial charge on any atom is 0.310 e. The summed E-state index contributed by atoms with van der Waals surface area (Å²) in [5, 5.41) is 8.09. The number of carboxylic acid groups (broad SMARTS) is 1. The van der Waals surface area contributed by atoms with E-state index in [-0.39, 0.29) is 38.4 Å². The molecular weight excluding hydrogens is 211 g/mol. The van der Waals surface area contributed by atoms with Gasteiger partial charge in [0.2, 0.25) is 0 Å². The molecule has 0 spiro atoms. The molecular formula is C6H10O3Zr. The Labute approximate surface area is 78.9 Å². The van der Waals surface area contributed by atoms with Gasteiger partial charge < -0.3 is 5.11 Å². The second-order valence-corrected chi connectivity index (χ2v) is 1.86. The third-order valence-corrected chi connectivity index (χ3v) is 0.877. The summed E-state index contributed by atoms with van der Waals surface area (Å²) in [5.41, 5.74) is 0. The molecule has 0 atom stereocenters. The van der Waals surface area contributed by atoms with Gasteiger partial charge >= 0.3 is 5.97 Å². The average Bonchev–Trinajstić information content (AvgIpc) is 1.63. The van der Waals surface area contributed by atoms with Gasteiger partial charge in [-0.1, -0.05) is 6.92 Å². The van der Waals surface area contributed by atoms with E-state index in [4.69, 9.17) is 5.11 Å². The molecule has 0 aliphatic rings. The van der Waals surface area contributed by atoms with E-state index in [0.29, 0.717) is 6.42 Å². The Morgan fingerprint density at radius 1 is 1.40 bits per heavy atom. The fraction of sp³-hybridized carbons (Fsp3) is 0.667. The molecule has 0 amide bonds. The van der Waals surface area contributed by atoms with Crippen molar-refractivity contribution in [2.75, 3.05) is 0 Å². The predicted octanol–water partition coefficient (Wildman–Crippen LogP) is 0.828. The zero-order valence-corrected chi connectivity index (χ0v) is 8.34. The van der Waals surface area contributed by atoms with Crippen LogP contribution in [-0.4, -0.2) is 16.9 Å². The normalized spacial score (nSPS) is 8.10. The van der Waals surface area contributed by atoms with Gasteiger partial charge in [0.25, 0.3) is 0 Å². The molecule has 0 saturated carbocycles. The first-order chi connectivity index (χ1) is 4.16. The van der Waals surface area contributed by atoms with Crippen LogP contribution in [0.15, 0.2) is 0 Å². The van der Waals surface area contributed by atoms with Crippen LogP contribution in [0, 0.1) is 0 Å². The Kier molecular flexibility index (Phi) is 9.04. The number of carbonyl (C=O) groups excluding carboxylic acids is 1. The van der Waals surface area contributed by atoms with E-state index < -0.39 is 5.97 Å². The summed E-state index contributed by atoms with van der Waals surface area (Å²) in [4.78, 5) is 20.3. The van der Waals surface area contributed by atoms with Crippen LogP contribution in [0.4, 0.5) is 0 Å². The van der Waals surface area contributed by atoms with E-state index in [1.54, 1.807) is 0 Å². The molecule has 0 rings (SSSR count). The number of hydrogen-bond acceptors (Lipinski definition) is 2. The van der Waals surface area contributed by atoms with Gasteiger partial charge in [0, 0.05) is 32.6 Å². The molecule has 0 aliphatic carbocycles. The van der Waals surface area contributed by atoms with Gasteiger partial charge in [-0.15, -0.1) is 0 Å². The number of ketones is 1. The van der Waals surface area contributed by atoms with E-state index in [2.05, 4.69) is 0 Å². The van der Waals surface area contributed by atoms with Crippen molar-refractivity contribution in [3.63, 3.8) is 0 Å². The topological polar surface area (TPSA) is 54.4 Å². The molecule has 0 bridgehead atoms. The van der Waals surface area contributed by atoms with Crippen molar-refractivity contribution in [2.45, 2.75) is 26.2 Å². The number of carbonyl (C=O) groups is 2. The first-order valence-corrected chi connectivity index (χ1v) is 2.90. The minimum atomic E-state index is -1.03. The monoisotopic (exact) mass is 220 g/mol. The van der Waals surface area contributed by atoms with E-state index in [0.717, 1.165) is 6.42 Å². The minimum Gasteiger partial charge on any atom is -0.481 e. The van der Waals surface area contributed by atoms with Crippen LogP contribution in [0.3, 0.4) is 0 Å². The van der Waals surface area contributed by atoms with Crippen molar-refractivity contribution < 1.29 is 40.9 Å².